The summed E-state index contributed by atoms with van der Waals surface area (Å²) in [7, 11) is 0. The first-order valence-electron chi connectivity index (χ1n) is 4.27. The molecule has 0 saturated carbocycles. The third-order valence-electron chi connectivity index (χ3n) is 2.38. The highest BCUT2D eigenvalue weighted by Gasteiger charge is 2.17. The topological polar surface area (TPSA) is 0 Å². The van der Waals surface area contributed by atoms with Crippen molar-refractivity contribution in [1.29, 1.82) is 0 Å². The number of rotatable bonds is 4. The number of hydrogen-bond acceptors (Lipinski definition) is 0. The lowest BCUT2D eigenvalue weighted by atomic mass is 9.93. The molecule has 0 aliphatic carbocycles. The summed E-state index contributed by atoms with van der Waals surface area (Å²) in [6.45, 7) is 8.85. The molecule has 0 spiro atoms. The molecule has 0 fully saturated rings. The van der Waals surface area contributed by atoms with Gasteiger partial charge in [0.25, 0.3) is 0 Å². The highest BCUT2D eigenvalue weighted by molar-refractivity contribution is 6.20. The van der Waals surface area contributed by atoms with Gasteiger partial charge in [-0.15, -0.1) is 11.6 Å². The lowest BCUT2D eigenvalue weighted by molar-refractivity contribution is 0.407. The second kappa shape index (κ2) is 5.01. The molecule has 0 aromatic carbocycles. The van der Waals surface area contributed by atoms with Crippen LogP contribution in [0.25, 0.3) is 0 Å². The van der Waals surface area contributed by atoms with Gasteiger partial charge in [-0.05, 0) is 11.8 Å². The van der Waals surface area contributed by atoms with Gasteiger partial charge in [0.15, 0.2) is 0 Å². The predicted octanol–water partition coefficient (Wildman–Crippen LogP) is 3.69. The molecule has 0 aliphatic rings. The van der Waals surface area contributed by atoms with Gasteiger partial charge in [-0.3, -0.25) is 0 Å². The van der Waals surface area contributed by atoms with Gasteiger partial charge >= 0.3 is 0 Å². The molecule has 0 rings (SSSR count). The largest absolute Gasteiger partial charge is 0.122 e. The van der Waals surface area contributed by atoms with Crippen LogP contribution >= 0.6 is 11.6 Å². The Balaban J connectivity index is 3.69. The van der Waals surface area contributed by atoms with E-state index >= 15 is 0 Å². The van der Waals surface area contributed by atoms with Crippen LogP contribution in [0.5, 0.6) is 0 Å². The normalized spacial score (nSPS) is 20.1. The van der Waals surface area contributed by atoms with Gasteiger partial charge in [-0.1, -0.05) is 40.5 Å². The van der Waals surface area contributed by atoms with Crippen LogP contribution < -0.4 is 0 Å². The zero-order chi connectivity index (χ0) is 8.15. The van der Waals surface area contributed by atoms with Crippen LogP contribution in [0.1, 0.15) is 40.5 Å². The number of alkyl halides is 1. The Morgan fingerprint density at radius 1 is 1.00 bits per heavy atom. The summed E-state index contributed by atoms with van der Waals surface area (Å²) in [4.78, 5) is 0. The van der Waals surface area contributed by atoms with Gasteiger partial charge in [0, 0.05) is 5.38 Å². The summed E-state index contributed by atoms with van der Waals surface area (Å²) in [5.41, 5.74) is 0. The molecule has 0 bridgehead atoms. The van der Waals surface area contributed by atoms with Crippen molar-refractivity contribution < 1.29 is 0 Å². The van der Waals surface area contributed by atoms with Crippen LogP contribution in [-0.2, 0) is 0 Å². The summed E-state index contributed by atoms with van der Waals surface area (Å²) < 4.78 is 0. The first kappa shape index (κ1) is 10.3. The van der Waals surface area contributed by atoms with Crippen molar-refractivity contribution in [3.05, 3.63) is 0 Å². The maximum absolute atomic E-state index is 6.18. The van der Waals surface area contributed by atoms with Gasteiger partial charge in [0.2, 0.25) is 0 Å². The van der Waals surface area contributed by atoms with Crippen molar-refractivity contribution in [2.24, 2.45) is 11.8 Å². The standard InChI is InChI=1S/C9H19Cl/c1-5-7(3)9(10)8(4)6-2/h7-9H,5-6H2,1-4H3. The quantitative estimate of drug-likeness (QED) is 0.554. The Hall–Kier alpha value is 0.290. The molecule has 0 radical (unpaired) electrons. The van der Waals surface area contributed by atoms with Gasteiger partial charge in [0.05, 0.1) is 0 Å². The Bertz CT molecular complexity index is 70.8. The van der Waals surface area contributed by atoms with E-state index in [9.17, 15) is 0 Å². The van der Waals surface area contributed by atoms with Crippen molar-refractivity contribution >= 4 is 11.6 Å². The van der Waals surface area contributed by atoms with E-state index in [1.807, 2.05) is 0 Å². The van der Waals surface area contributed by atoms with E-state index < -0.39 is 0 Å². The van der Waals surface area contributed by atoms with Crippen LogP contribution in [0.3, 0.4) is 0 Å². The van der Waals surface area contributed by atoms with Crippen LogP contribution in [-0.4, -0.2) is 5.38 Å². The molecule has 10 heavy (non-hydrogen) atoms. The summed E-state index contributed by atoms with van der Waals surface area (Å²) in [6, 6.07) is 0. The van der Waals surface area contributed by atoms with Crippen molar-refractivity contribution in [3.63, 3.8) is 0 Å². The van der Waals surface area contributed by atoms with E-state index in [1.54, 1.807) is 0 Å². The third-order valence-corrected chi connectivity index (χ3v) is 3.24. The van der Waals surface area contributed by atoms with E-state index in [0.717, 1.165) is 0 Å². The Morgan fingerprint density at radius 3 is 1.50 bits per heavy atom. The molecule has 62 valence electrons. The van der Waals surface area contributed by atoms with E-state index in [0.29, 0.717) is 17.2 Å². The van der Waals surface area contributed by atoms with Crippen LogP contribution in [0.2, 0.25) is 0 Å². The fourth-order valence-corrected chi connectivity index (χ4v) is 1.37. The monoisotopic (exact) mass is 162 g/mol. The maximum Gasteiger partial charge on any atom is 0.0387 e. The van der Waals surface area contributed by atoms with Crippen molar-refractivity contribution in [2.75, 3.05) is 0 Å². The second-order valence-corrected chi connectivity index (χ2v) is 3.72. The van der Waals surface area contributed by atoms with Crippen molar-refractivity contribution in [1.82, 2.24) is 0 Å². The smallest absolute Gasteiger partial charge is 0.0387 e. The van der Waals surface area contributed by atoms with E-state index in [4.69, 9.17) is 11.6 Å². The average molecular weight is 163 g/mol. The third kappa shape index (κ3) is 2.92. The molecule has 0 heterocycles. The fraction of sp³-hybridized carbons (Fsp3) is 1.00. The highest BCUT2D eigenvalue weighted by Crippen LogP contribution is 2.23. The molecule has 0 aromatic rings. The SMILES string of the molecule is CCC(C)C(Cl)C(C)CC. The zero-order valence-corrected chi connectivity index (χ0v) is 8.28. The molecule has 0 nitrogen and oxygen atoms in total. The molecule has 2 atom stereocenters. The lowest BCUT2D eigenvalue weighted by Gasteiger charge is -2.21. The van der Waals surface area contributed by atoms with Crippen molar-refractivity contribution in [2.45, 2.75) is 45.9 Å². The van der Waals surface area contributed by atoms with E-state index in [-0.39, 0.29) is 0 Å². The minimum atomic E-state index is 0.370. The maximum atomic E-state index is 6.18. The van der Waals surface area contributed by atoms with Crippen molar-refractivity contribution in [3.8, 4) is 0 Å². The summed E-state index contributed by atoms with van der Waals surface area (Å²) in [6.07, 6.45) is 2.39. The van der Waals surface area contributed by atoms with Crippen LogP contribution in [0.15, 0.2) is 0 Å². The van der Waals surface area contributed by atoms with Crippen LogP contribution in [0, 0.1) is 11.8 Å². The van der Waals surface area contributed by atoms with Gasteiger partial charge in [-0.25, -0.2) is 0 Å². The molecule has 2 unspecified atom stereocenters. The Morgan fingerprint density at radius 2 is 1.30 bits per heavy atom. The Labute approximate surface area is 70.0 Å². The molecule has 0 aliphatic heterocycles. The number of hydrogen-bond donors (Lipinski definition) is 0. The average Bonchev–Trinajstić information content (AvgIpc) is 2.00. The minimum Gasteiger partial charge on any atom is -0.122 e. The first-order valence-corrected chi connectivity index (χ1v) is 4.71. The first-order chi connectivity index (χ1) is 4.63. The van der Waals surface area contributed by atoms with Crippen LogP contribution in [0.4, 0.5) is 0 Å². The molecular formula is C9H19Cl. The molecule has 0 amide bonds. The van der Waals surface area contributed by atoms with Gasteiger partial charge in [-0.2, -0.15) is 0 Å². The van der Waals surface area contributed by atoms with Gasteiger partial charge in [0.1, 0.15) is 0 Å². The van der Waals surface area contributed by atoms with E-state index in [1.165, 1.54) is 12.8 Å². The van der Waals surface area contributed by atoms with Gasteiger partial charge < -0.3 is 0 Å². The van der Waals surface area contributed by atoms with E-state index in [2.05, 4.69) is 27.7 Å². The number of halogens is 1. The second-order valence-electron chi connectivity index (χ2n) is 3.22. The summed E-state index contributed by atoms with van der Waals surface area (Å²) >= 11 is 6.18. The zero-order valence-electron chi connectivity index (χ0n) is 7.52. The molecule has 0 saturated heterocycles. The molecule has 0 aromatic heterocycles. The summed E-state index contributed by atoms with van der Waals surface area (Å²) in [5.74, 6) is 1.33. The summed E-state index contributed by atoms with van der Waals surface area (Å²) in [5, 5.41) is 0.370. The predicted molar refractivity (Wildman–Crippen MR) is 48.6 cm³/mol. The fourth-order valence-electron chi connectivity index (χ4n) is 1.01. The highest BCUT2D eigenvalue weighted by atomic mass is 35.5. The lowest BCUT2D eigenvalue weighted by Crippen LogP contribution is -2.18. The molecular weight excluding hydrogens is 144 g/mol. The Kier molecular flexibility index (Phi) is 5.15. The molecule has 1 heteroatoms. The minimum absolute atomic E-state index is 0.370. The molecule has 0 N–H and O–H groups in total.